The number of aryl methyl sites for hydroxylation is 1. The first kappa shape index (κ1) is 18.0. The fourth-order valence-electron chi connectivity index (χ4n) is 2.94. The Kier molecular flexibility index (Phi) is 7.08. The first-order valence-electron chi connectivity index (χ1n) is 8.58. The summed E-state index contributed by atoms with van der Waals surface area (Å²) in [6.07, 6.45) is 2.58. The van der Waals surface area contributed by atoms with Crippen LogP contribution in [0.3, 0.4) is 0 Å². The average Bonchev–Trinajstić information content (AvgIpc) is 2.57. The van der Waals surface area contributed by atoms with Gasteiger partial charge in [0.15, 0.2) is 5.75 Å². The van der Waals surface area contributed by atoms with Crippen LogP contribution in [0.5, 0.6) is 5.75 Å². The number of aromatic nitrogens is 1. The van der Waals surface area contributed by atoms with Crippen LogP contribution in [0.1, 0.15) is 26.0 Å². The molecule has 1 aliphatic heterocycles. The van der Waals surface area contributed by atoms with Gasteiger partial charge < -0.3 is 19.3 Å². The maximum atomic E-state index is 11.8. The van der Waals surface area contributed by atoms with E-state index in [1.54, 1.807) is 12.3 Å². The van der Waals surface area contributed by atoms with Gasteiger partial charge in [0.05, 0.1) is 19.4 Å². The summed E-state index contributed by atoms with van der Waals surface area (Å²) in [5.41, 5.74) is 0.669. The second kappa shape index (κ2) is 9.05. The quantitative estimate of drug-likeness (QED) is 0.777. The standard InChI is InChI=1S/C17H29N3O3/c1-3-18(4-2)6-5-7-20-14-17(22)16(21)12-15(20)13-19-8-10-23-11-9-19/h12,14,22H,3-11,13H2,1-2H3. The van der Waals surface area contributed by atoms with Crippen LogP contribution in [0.15, 0.2) is 17.1 Å². The van der Waals surface area contributed by atoms with Gasteiger partial charge in [-0.15, -0.1) is 0 Å². The van der Waals surface area contributed by atoms with E-state index in [4.69, 9.17) is 4.74 Å². The zero-order valence-corrected chi connectivity index (χ0v) is 14.3. The lowest BCUT2D eigenvalue weighted by Crippen LogP contribution is -2.36. The Balaban J connectivity index is 2.03. The molecule has 0 bridgehead atoms. The Morgan fingerprint density at radius 2 is 1.96 bits per heavy atom. The average molecular weight is 323 g/mol. The Hall–Kier alpha value is -1.37. The van der Waals surface area contributed by atoms with Crippen LogP contribution in [0.2, 0.25) is 0 Å². The molecule has 1 N–H and O–H groups in total. The summed E-state index contributed by atoms with van der Waals surface area (Å²) in [7, 11) is 0. The van der Waals surface area contributed by atoms with Crippen LogP contribution >= 0.6 is 0 Å². The van der Waals surface area contributed by atoms with E-state index in [9.17, 15) is 9.90 Å². The molecule has 0 amide bonds. The minimum Gasteiger partial charge on any atom is -0.503 e. The molecule has 0 atom stereocenters. The van der Waals surface area contributed by atoms with E-state index in [0.717, 1.165) is 71.1 Å². The Morgan fingerprint density at radius 1 is 1.26 bits per heavy atom. The van der Waals surface area contributed by atoms with Gasteiger partial charge in [-0.3, -0.25) is 9.69 Å². The molecular weight excluding hydrogens is 294 g/mol. The van der Waals surface area contributed by atoms with Crippen molar-refractivity contribution in [1.82, 2.24) is 14.4 Å². The highest BCUT2D eigenvalue weighted by atomic mass is 16.5. The summed E-state index contributed by atoms with van der Waals surface area (Å²) in [6, 6.07) is 1.57. The Bertz CT molecular complexity index is 534. The predicted molar refractivity (Wildman–Crippen MR) is 90.9 cm³/mol. The molecule has 23 heavy (non-hydrogen) atoms. The maximum absolute atomic E-state index is 11.8. The number of ether oxygens (including phenoxy) is 1. The van der Waals surface area contributed by atoms with Gasteiger partial charge in [0.25, 0.3) is 0 Å². The third-order valence-corrected chi connectivity index (χ3v) is 4.45. The van der Waals surface area contributed by atoms with Crippen molar-refractivity contribution in [2.24, 2.45) is 0 Å². The van der Waals surface area contributed by atoms with Crippen LogP contribution < -0.4 is 5.43 Å². The number of hydrogen-bond donors (Lipinski definition) is 1. The van der Waals surface area contributed by atoms with E-state index in [-0.39, 0.29) is 11.2 Å². The lowest BCUT2D eigenvalue weighted by Gasteiger charge is -2.28. The number of nitrogens with zero attached hydrogens (tertiary/aromatic N) is 3. The lowest BCUT2D eigenvalue weighted by molar-refractivity contribution is 0.0330. The van der Waals surface area contributed by atoms with Crippen molar-refractivity contribution in [3.63, 3.8) is 0 Å². The van der Waals surface area contributed by atoms with Gasteiger partial charge in [0, 0.05) is 37.9 Å². The normalized spacial score (nSPS) is 16.1. The van der Waals surface area contributed by atoms with Gasteiger partial charge in [0.2, 0.25) is 5.43 Å². The largest absolute Gasteiger partial charge is 0.503 e. The molecule has 0 aliphatic carbocycles. The number of rotatable bonds is 8. The molecule has 1 aliphatic rings. The molecule has 2 rings (SSSR count). The number of hydrogen-bond acceptors (Lipinski definition) is 5. The van der Waals surface area contributed by atoms with Gasteiger partial charge >= 0.3 is 0 Å². The summed E-state index contributed by atoms with van der Waals surface area (Å²) in [4.78, 5) is 16.5. The van der Waals surface area contributed by atoms with E-state index < -0.39 is 0 Å². The van der Waals surface area contributed by atoms with E-state index in [2.05, 4.69) is 23.6 Å². The minimum absolute atomic E-state index is 0.168. The maximum Gasteiger partial charge on any atom is 0.223 e. The molecule has 0 radical (unpaired) electrons. The summed E-state index contributed by atoms with van der Waals surface area (Å²) in [5, 5.41) is 9.75. The van der Waals surface area contributed by atoms with Crippen LogP contribution in [-0.4, -0.2) is 65.4 Å². The van der Waals surface area contributed by atoms with Crippen LogP contribution in [0.25, 0.3) is 0 Å². The van der Waals surface area contributed by atoms with Gasteiger partial charge in [0.1, 0.15) is 0 Å². The van der Waals surface area contributed by atoms with Crippen LogP contribution in [-0.2, 0) is 17.8 Å². The molecule has 0 spiro atoms. The van der Waals surface area contributed by atoms with Crippen LogP contribution in [0, 0.1) is 0 Å². The summed E-state index contributed by atoms with van der Waals surface area (Å²) >= 11 is 0. The third kappa shape index (κ3) is 5.34. The van der Waals surface area contributed by atoms with Crippen molar-refractivity contribution < 1.29 is 9.84 Å². The van der Waals surface area contributed by atoms with Crippen molar-refractivity contribution in [3.05, 3.63) is 28.2 Å². The molecule has 2 heterocycles. The topological polar surface area (TPSA) is 57.9 Å². The molecule has 0 aromatic carbocycles. The first-order valence-corrected chi connectivity index (χ1v) is 8.58. The van der Waals surface area contributed by atoms with Gasteiger partial charge in [-0.2, -0.15) is 0 Å². The van der Waals surface area contributed by atoms with E-state index in [1.165, 1.54) is 0 Å². The zero-order valence-electron chi connectivity index (χ0n) is 14.3. The molecule has 6 heteroatoms. The van der Waals surface area contributed by atoms with Crippen LogP contribution in [0.4, 0.5) is 0 Å². The predicted octanol–water partition coefficient (Wildman–Crippen LogP) is 1.12. The third-order valence-electron chi connectivity index (χ3n) is 4.45. The molecule has 1 fully saturated rings. The summed E-state index contributed by atoms with van der Waals surface area (Å²) < 4.78 is 7.39. The smallest absolute Gasteiger partial charge is 0.223 e. The molecule has 130 valence electrons. The van der Waals surface area contributed by atoms with Crippen molar-refractivity contribution in [3.8, 4) is 5.75 Å². The van der Waals surface area contributed by atoms with Crippen molar-refractivity contribution in [1.29, 1.82) is 0 Å². The summed E-state index contributed by atoms with van der Waals surface area (Å²) in [5.74, 6) is -0.168. The monoisotopic (exact) mass is 323 g/mol. The van der Waals surface area contributed by atoms with E-state index in [0.29, 0.717) is 0 Å². The van der Waals surface area contributed by atoms with Crippen molar-refractivity contribution >= 4 is 0 Å². The van der Waals surface area contributed by atoms with E-state index in [1.807, 2.05) is 4.57 Å². The SMILES string of the molecule is CCN(CC)CCCn1cc(O)c(=O)cc1CN1CCOCC1. The first-order chi connectivity index (χ1) is 11.1. The Labute approximate surface area is 138 Å². The second-order valence-corrected chi connectivity index (χ2v) is 5.98. The highest BCUT2D eigenvalue weighted by molar-refractivity contribution is 5.20. The number of aromatic hydroxyl groups is 1. The van der Waals surface area contributed by atoms with E-state index >= 15 is 0 Å². The highest BCUT2D eigenvalue weighted by Crippen LogP contribution is 2.11. The molecule has 1 saturated heterocycles. The van der Waals surface area contributed by atoms with Gasteiger partial charge in [-0.05, 0) is 26.1 Å². The molecule has 6 nitrogen and oxygen atoms in total. The zero-order chi connectivity index (χ0) is 16.7. The molecule has 1 aromatic rings. The van der Waals surface area contributed by atoms with Gasteiger partial charge in [-0.25, -0.2) is 0 Å². The molecule has 1 aromatic heterocycles. The highest BCUT2D eigenvalue weighted by Gasteiger charge is 2.14. The number of morpholine rings is 1. The van der Waals surface area contributed by atoms with Crippen molar-refractivity contribution in [2.75, 3.05) is 45.9 Å². The second-order valence-electron chi connectivity index (χ2n) is 5.98. The molecule has 0 unspecified atom stereocenters. The van der Waals surface area contributed by atoms with Crippen molar-refractivity contribution in [2.45, 2.75) is 33.4 Å². The fraction of sp³-hybridized carbons (Fsp3) is 0.706. The minimum atomic E-state index is -0.298. The molecule has 0 saturated carbocycles. The van der Waals surface area contributed by atoms with Gasteiger partial charge in [-0.1, -0.05) is 13.8 Å². The Morgan fingerprint density at radius 3 is 2.61 bits per heavy atom. The molecular formula is C17H29N3O3. The lowest BCUT2D eigenvalue weighted by atomic mass is 10.2. The fourth-order valence-corrected chi connectivity index (χ4v) is 2.94. The summed E-state index contributed by atoms with van der Waals surface area (Å²) in [6.45, 7) is 12.2. The number of pyridine rings is 1.